The zero-order valence-corrected chi connectivity index (χ0v) is 12.8. The van der Waals surface area contributed by atoms with E-state index in [-0.39, 0.29) is 5.91 Å². The molecular weight excluding hydrogens is 302 g/mol. The number of carbonyl (C=O) groups is 1. The van der Waals surface area contributed by atoms with Crippen molar-refractivity contribution in [1.82, 2.24) is 9.78 Å². The molecule has 1 amide bonds. The molecule has 1 aromatic carbocycles. The summed E-state index contributed by atoms with van der Waals surface area (Å²) in [6.07, 6.45) is 3.47. The van der Waals surface area contributed by atoms with Gasteiger partial charge in [0.25, 0.3) is 5.91 Å². The van der Waals surface area contributed by atoms with E-state index in [1.54, 1.807) is 16.9 Å². The Kier molecular flexibility index (Phi) is 4.08. The van der Waals surface area contributed by atoms with Gasteiger partial charge < -0.3 is 5.32 Å². The first-order valence-corrected chi connectivity index (χ1v) is 7.68. The van der Waals surface area contributed by atoms with Crippen LogP contribution in [0, 0.1) is 0 Å². The monoisotopic (exact) mass is 315 g/mol. The molecule has 0 saturated heterocycles. The van der Waals surface area contributed by atoms with Gasteiger partial charge in [-0.25, -0.2) is 0 Å². The van der Waals surface area contributed by atoms with Crippen LogP contribution in [-0.4, -0.2) is 15.7 Å². The van der Waals surface area contributed by atoms with Crippen molar-refractivity contribution in [3.05, 3.63) is 64.6 Å². The molecule has 1 N–H and O–H groups in total. The van der Waals surface area contributed by atoms with Crippen molar-refractivity contribution >= 4 is 35.6 Å². The summed E-state index contributed by atoms with van der Waals surface area (Å²) in [4.78, 5) is 13.5. The first-order valence-electron chi connectivity index (χ1n) is 6.36. The van der Waals surface area contributed by atoms with Crippen LogP contribution in [0.1, 0.15) is 15.2 Å². The number of anilines is 1. The summed E-state index contributed by atoms with van der Waals surface area (Å²) in [6, 6.07) is 11.8. The summed E-state index contributed by atoms with van der Waals surface area (Å²) in [5.41, 5.74) is 1.85. The van der Waals surface area contributed by atoms with Gasteiger partial charge in [-0.3, -0.25) is 9.48 Å². The SMILES string of the molecule is O=C(Nc1cnn(Cc2ccccc2)c1)c1cc(S)cs1. The Morgan fingerprint density at radius 2 is 2.14 bits per heavy atom. The summed E-state index contributed by atoms with van der Waals surface area (Å²) in [7, 11) is 0. The van der Waals surface area contributed by atoms with Gasteiger partial charge in [0, 0.05) is 16.5 Å². The molecule has 0 aliphatic rings. The van der Waals surface area contributed by atoms with Crippen molar-refractivity contribution in [3.63, 3.8) is 0 Å². The van der Waals surface area contributed by atoms with E-state index in [4.69, 9.17) is 0 Å². The van der Waals surface area contributed by atoms with Crippen molar-refractivity contribution in [2.24, 2.45) is 0 Å². The lowest BCUT2D eigenvalue weighted by Crippen LogP contribution is -2.09. The molecule has 3 aromatic rings. The highest BCUT2D eigenvalue weighted by Gasteiger charge is 2.09. The van der Waals surface area contributed by atoms with Gasteiger partial charge in [0.15, 0.2) is 0 Å². The highest BCUT2D eigenvalue weighted by atomic mass is 32.1. The molecule has 0 atom stereocenters. The lowest BCUT2D eigenvalue weighted by atomic mass is 10.2. The van der Waals surface area contributed by atoms with Crippen LogP contribution in [0.2, 0.25) is 0 Å². The third kappa shape index (κ3) is 3.53. The topological polar surface area (TPSA) is 46.9 Å². The fourth-order valence-corrected chi connectivity index (χ4v) is 2.97. The van der Waals surface area contributed by atoms with E-state index in [1.165, 1.54) is 11.3 Å². The molecule has 106 valence electrons. The summed E-state index contributed by atoms with van der Waals surface area (Å²) in [5, 5.41) is 8.92. The maximum Gasteiger partial charge on any atom is 0.265 e. The first-order chi connectivity index (χ1) is 10.2. The van der Waals surface area contributed by atoms with Crippen molar-refractivity contribution < 1.29 is 4.79 Å². The maximum atomic E-state index is 12.0. The Balaban J connectivity index is 1.66. The second kappa shape index (κ2) is 6.15. The van der Waals surface area contributed by atoms with E-state index < -0.39 is 0 Å². The van der Waals surface area contributed by atoms with E-state index in [1.807, 2.05) is 41.9 Å². The van der Waals surface area contributed by atoms with E-state index in [9.17, 15) is 4.79 Å². The van der Waals surface area contributed by atoms with Gasteiger partial charge in [-0.2, -0.15) is 5.10 Å². The Hall–Kier alpha value is -2.05. The van der Waals surface area contributed by atoms with E-state index in [2.05, 4.69) is 23.0 Å². The van der Waals surface area contributed by atoms with Crippen molar-refractivity contribution in [2.45, 2.75) is 11.4 Å². The van der Waals surface area contributed by atoms with Crippen LogP contribution in [-0.2, 0) is 6.54 Å². The normalized spacial score (nSPS) is 10.5. The van der Waals surface area contributed by atoms with Crippen LogP contribution in [0.4, 0.5) is 5.69 Å². The second-order valence-electron chi connectivity index (χ2n) is 4.54. The zero-order valence-electron chi connectivity index (χ0n) is 11.1. The Labute approximate surface area is 131 Å². The number of thiol groups is 1. The smallest absolute Gasteiger partial charge is 0.265 e. The van der Waals surface area contributed by atoms with Gasteiger partial charge in [-0.05, 0) is 11.6 Å². The summed E-state index contributed by atoms with van der Waals surface area (Å²) >= 11 is 5.57. The molecule has 4 nitrogen and oxygen atoms in total. The lowest BCUT2D eigenvalue weighted by molar-refractivity contribution is 0.103. The van der Waals surface area contributed by atoms with Crippen LogP contribution in [0.25, 0.3) is 0 Å². The van der Waals surface area contributed by atoms with E-state index >= 15 is 0 Å². The average molecular weight is 315 g/mol. The molecule has 0 bridgehead atoms. The summed E-state index contributed by atoms with van der Waals surface area (Å²) in [5.74, 6) is -0.139. The molecular formula is C15H13N3OS2. The molecule has 0 saturated carbocycles. The lowest BCUT2D eigenvalue weighted by Gasteiger charge is -2.01. The van der Waals surface area contributed by atoms with Gasteiger partial charge in [-0.15, -0.1) is 24.0 Å². The van der Waals surface area contributed by atoms with Gasteiger partial charge in [-0.1, -0.05) is 30.3 Å². The average Bonchev–Trinajstić information content (AvgIpc) is 3.09. The molecule has 2 aromatic heterocycles. The molecule has 2 heterocycles. The Morgan fingerprint density at radius 3 is 2.86 bits per heavy atom. The molecule has 0 radical (unpaired) electrons. The van der Waals surface area contributed by atoms with Crippen LogP contribution in [0.5, 0.6) is 0 Å². The zero-order chi connectivity index (χ0) is 14.7. The minimum absolute atomic E-state index is 0.139. The Morgan fingerprint density at radius 1 is 1.33 bits per heavy atom. The standard InChI is InChI=1S/C15H13N3OS2/c19-15(14-6-13(20)10-21-14)17-12-7-16-18(9-12)8-11-4-2-1-3-5-11/h1-7,9-10,20H,8H2,(H,17,19). The van der Waals surface area contributed by atoms with Gasteiger partial charge in [0.2, 0.25) is 0 Å². The molecule has 21 heavy (non-hydrogen) atoms. The predicted octanol–water partition coefficient (Wildman–Crippen LogP) is 3.53. The molecule has 0 aliphatic heterocycles. The van der Waals surface area contributed by atoms with Crippen LogP contribution < -0.4 is 5.32 Å². The van der Waals surface area contributed by atoms with Crippen LogP contribution in [0.15, 0.2) is 59.1 Å². The maximum absolute atomic E-state index is 12.0. The first kappa shape index (κ1) is 13.9. The molecule has 0 fully saturated rings. The van der Waals surface area contributed by atoms with Crippen LogP contribution in [0.3, 0.4) is 0 Å². The number of carbonyl (C=O) groups excluding carboxylic acids is 1. The number of rotatable bonds is 4. The second-order valence-corrected chi connectivity index (χ2v) is 5.96. The van der Waals surface area contributed by atoms with Crippen LogP contribution >= 0.6 is 24.0 Å². The van der Waals surface area contributed by atoms with E-state index in [0.717, 1.165) is 10.5 Å². The van der Waals surface area contributed by atoms with E-state index in [0.29, 0.717) is 17.1 Å². The highest BCUT2D eigenvalue weighted by molar-refractivity contribution is 7.80. The number of hydrogen-bond acceptors (Lipinski definition) is 4. The summed E-state index contributed by atoms with van der Waals surface area (Å²) < 4.78 is 1.80. The van der Waals surface area contributed by atoms with Gasteiger partial charge in [0.1, 0.15) is 0 Å². The largest absolute Gasteiger partial charge is 0.319 e. The Bertz CT molecular complexity index is 749. The number of aromatic nitrogens is 2. The number of nitrogens with zero attached hydrogens (tertiary/aromatic N) is 2. The predicted molar refractivity (Wildman–Crippen MR) is 87.3 cm³/mol. The van der Waals surface area contributed by atoms with Crippen molar-refractivity contribution in [1.29, 1.82) is 0 Å². The molecule has 0 unspecified atom stereocenters. The number of amides is 1. The molecule has 0 aliphatic carbocycles. The number of benzene rings is 1. The molecule has 0 spiro atoms. The minimum atomic E-state index is -0.139. The third-order valence-electron chi connectivity index (χ3n) is 2.89. The van der Waals surface area contributed by atoms with Crippen molar-refractivity contribution in [2.75, 3.05) is 5.32 Å². The molecule has 3 rings (SSSR count). The molecule has 6 heteroatoms. The minimum Gasteiger partial charge on any atom is -0.319 e. The van der Waals surface area contributed by atoms with Gasteiger partial charge in [0.05, 0.1) is 23.3 Å². The quantitative estimate of drug-likeness (QED) is 0.724. The number of hydrogen-bond donors (Lipinski definition) is 2. The number of thiophene rings is 1. The number of nitrogens with one attached hydrogen (secondary N) is 1. The summed E-state index contributed by atoms with van der Waals surface area (Å²) in [6.45, 7) is 0.677. The third-order valence-corrected chi connectivity index (χ3v) is 4.25. The van der Waals surface area contributed by atoms with Gasteiger partial charge >= 0.3 is 0 Å². The fraction of sp³-hybridized carbons (Fsp3) is 0.0667. The van der Waals surface area contributed by atoms with Crippen molar-refractivity contribution in [3.8, 4) is 0 Å². The fourth-order valence-electron chi connectivity index (χ4n) is 1.92. The highest BCUT2D eigenvalue weighted by Crippen LogP contribution is 2.19.